The third-order valence-electron chi connectivity index (χ3n) is 7.32. The van der Waals surface area contributed by atoms with Crippen molar-refractivity contribution in [2.75, 3.05) is 54.9 Å². The van der Waals surface area contributed by atoms with Crippen LogP contribution in [0.4, 0.5) is 27.8 Å². The van der Waals surface area contributed by atoms with Gasteiger partial charge in [-0.2, -0.15) is 0 Å². The Hall–Kier alpha value is -4.29. The summed E-state index contributed by atoms with van der Waals surface area (Å²) in [5, 5.41) is 0. The molecule has 0 spiro atoms. The van der Waals surface area contributed by atoms with Crippen molar-refractivity contribution >= 4 is 34.8 Å². The SMILES string of the molecule is Cc1ncc(-c2cn3ccnc3c(N(C(=O)OC(C)(C)C)c3ccc(N4CCN(C5COC5)CC4)cc3)n2)nc1N. The van der Waals surface area contributed by atoms with Gasteiger partial charge in [-0.25, -0.2) is 24.6 Å². The number of benzene rings is 1. The van der Waals surface area contributed by atoms with Crippen molar-refractivity contribution in [3.8, 4) is 11.4 Å². The average Bonchev–Trinajstić information content (AvgIpc) is 3.38. The molecule has 3 aromatic heterocycles. The summed E-state index contributed by atoms with van der Waals surface area (Å²) in [7, 11) is 0. The number of aryl methyl sites for hydroxylation is 1. The fourth-order valence-electron chi connectivity index (χ4n) is 4.99. The standard InChI is InChI=1S/C29H35N9O3/c1-19-25(30)33-23(15-32-19)24-16-37-10-9-31-26(37)27(34-24)38(28(39)41-29(2,3)4)21-7-5-20(6-8-21)35-11-13-36(14-12-35)22-17-40-18-22/h5-10,15-16,22H,11-14,17-18H2,1-4H3,(H2,30,33). The Bertz CT molecular complexity index is 1550. The number of amides is 1. The number of piperazine rings is 1. The number of nitrogens with zero attached hydrogens (tertiary/aromatic N) is 8. The van der Waals surface area contributed by atoms with Gasteiger partial charge in [-0.1, -0.05) is 0 Å². The van der Waals surface area contributed by atoms with Crippen molar-refractivity contribution in [2.45, 2.75) is 39.3 Å². The van der Waals surface area contributed by atoms with Gasteiger partial charge in [-0.3, -0.25) is 9.88 Å². The molecular formula is C29H35N9O3. The van der Waals surface area contributed by atoms with Crippen LogP contribution in [0.25, 0.3) is 17.0 Å². The van der Waals surface area contributed by atoms with Crippen LogP contribution in [-0.4, -0.2) is 86.4 Å². The molecule has 2 aliphatic rings. The summed E-state index contributed by atoms with van der Waals surface area (Å²) in [4.78, 5) is 38.2. The first-order chi connectivity index (χ1) is 19.7. The topological polar surface area (TPSA) is 127 Å². The Morgan fingerprint density at radius 2 is 1.78 bits per heavy atom. The number of nitrogens with two attached hydrogens (primary N) is 1. The number of hydrogen-bond acceptors (Lipinski definition) is 10. The summed E-state index contributed by atoms with van der Waals surface area (Å²) < 4.78 is 13.0. The van der Waals surface area contributed by atoms with Gasteiger partial charge in [0.05, 0.1) is 36.8 Å². The molecule has 2 N–H and O–H groups in total. The third-order valence-corrected chi connectivity index (χ3v) is 7.32. The molecule has 12 heteroatoms. The molecule has 1 amide bonds. The van der Waals surface area contributed by atoms with E-state index in [0.29, 0.717) is 46.1 Å². The number of carbonyl (C=O) groups is 1. The molecule has 0 bridgehead atoms. The molecule has 1 aromatic carbocycles. The lowest BCUT2D eigenvalue weighted by Gasteiger charge is -2.43. The quantitative estimate of drug-likeness (QED) is 0.388. The van der Waals surface area contributed by atoms with Crippen molar-refractivity contribution in [1.82, 2.24) is 29.2 Å². The number of ether oxygens (including phenoxy) is 2. The maximum Gasteiger partial charge on any atom is 0.420 e. The van der Waals surface area contributed by atoms with Gasteiger partial charge in [0.1, 0.15) is 22.8 Å². The second-order valence-electron chi connectivity index (χ2n) is 11.4. The van der Waals surface area contributed by atoms with Gasteiger partial charge in [0.25, 0.3) is 0 Å². The zero-order valence-electron chi connectivity index (χ0n) is 23.8. The number of rotatable bonds is 5. The summed E-state index contributed by atoms with van der Waals surface area (Å²) in [6.07, 6.45) is 6.29. The van der Waals surface area contributed by atoms with Crippen molar-refractivity contribution in [1.29, 1.82) is 0 Å². The molecule has 0 saturated carbocycles. The smallest absolute Gasteiger partial charge is 0.420 e. The zero-order chi connectivity index (χ0) is 28.7. The molecule has 41 heavy (non-hydrogen) atoms. The first-order valence-corrected chi connectivity index (χ1v) is 13.8. The van der Waals surface area contributed by atoms with Crippen LogP contribution < -0.4 is 15.5 Å². The number of fused-ring (bicyclic) bond motifs is 1. The highest BCUT2D eigenvalue weighted by molar-refractivity contribution is 5.99. The Balaban J connectivity index is 1.36. The van der Waals surface area contributed by atoms with E-state index in [9.17, 15) is 4.79 Å². The number of nitrogen functional groups attached to an aromatic ring is 1. The Kier molecular flexibility index (Phi) is 6.96. The molecule has 2 saturated heterocycles. The van der Waals surface area contributed by atoms with E-state index in [4.69, 9.17) is 20.2 Å². The zero-order valence-corrected chi connectivity index (χ0v) is 23.8. The molecule has 0 unspecified atom stereocenters. The van der Waals surface area contributed by atoms with Crippen LogP contribution in [-0.2, 0) is 9.47 Å². The molecule has 5 heterocycles. The molecule has 6 rings (SSSR count). The lowest BCUT2D eigenvalue weighted by molar-refractivity contribution is -0.0660. The van der Waals surface area contributed by atoms with Gasteiger partial charge >= 0.3 is 6.09 Å². The summed E-state index contributed by atoms with van der Waals surface area (Å²) in [5.74, 6) is 0.629. The van der Waals surface area contributed by atoms with Gasteiger partial charge < -0.3 is 24.5 Å². The highest BCUT2D eigenvalue weighted by atomic mass is 16.6. The van der Waals surface area contributed by atoms with E-state index in [1.807, 2.05) is 45.0 Å². The van der Waals surface area contributed by atoms with E-state index in [-0.39, 0.29) is 0 Å². The van der Waals surface area contributed by atoms with Crippen LogP contribution in [0.15, 0.2) is 49.1 Å². The van der Waals surface area contributed by atoms with Crippen molar-refractivity contribution in [3.05, 3.63) is 54.7 Å². The highest BCUT2D eigenvalue weighted by Crippen LogP contribution is 2.33. The first kappa shape index (κ1) is 26.9. The second kappa shape index (κ2) is 10.6. The number of hydrogen-bond donors (Lipinski definition) is 1. The molecule has 2 fully saturated rings. The largest absolute Gasteiger partial charge is 0.443 e. The van der Waals surface area contributed by atoms with Gasteiger partial charge in [-0.05, 0) is 52.0 Å². The lowest BCUT2D eigenvalue weighted by Crippen LogP contribution is -2.56. The van der Waals surface area contributed by atoms with Gasteiger partial charge in [0.15, 0.2) is 11.5 Å². The highest BCUT2D eigenvalue weighted by Gasteiger charge is 2.31. The minimum absolute atomic E-state index is 0.312. The third kappa shape index (κ3) is 5.52. The lowest BCUT2D eigenvalue weighted by atomic mass is 10.1. The van der Waals surface area contributed by atoms with E-state index in [1.165, 1.54) is 4.90 Å². The summed E-state index contributed by atoms with van der Waals surface area (Å²) >= 11 is 0. The Morgan fingerprint density at radius 3 is 2.41 bits per heavy atom. The fraction of sp³-hybridized carbons (Fsp3) is 0.414. The van der Waals surface area contributed by atoms with E-state index in [1.54, 1.807) is 36.1 Å². The van der Waals surface area contributed by atoms with Crippen molar-refractivity contribution in [3.63, 3.8) is 0 Å². The number of imidazole rings is 1. The maximum atomic E-state index is 13.7. The van der Waals surface area contributed by atoms with Crippen LogP contribution in [0.5, 0.6) is 0 Å². The molecular weight excluding hydrogens is 522 g/mol. The van der Waals surface area contributed by atoms with Crippen molar-refractivity contribution in [2.24, 2.45) is 0 Å². The molecule has 4 aromatic rings. The molecule has 0 atom stereocenters. The minimum Gasteiger partial charge on any atom is -0.443 e. The van der Waals surface area contributed by atoms with E-state index in [2.05, 4.69) is 24.8 Å². The fourth-order valence-corrected chi connectivity index (χ4v) is 4.99. The summed E-state index contributed by atoms with van der Waals surface area (Å²) in [6.45, 7) is 12.8. The summed E-state index contributed by atoms with van der Waals surface area (Å²) in [6, 6.07) is 8.46. The Labute approximate surface area is 238 Å². The van der Waals surface area contributed by atoms with Crippen LogP contribution >= 0.6 is 0 Å². The minimum atomic E-state index is -0.722. The molecule has 214 valence electrons. The van der Waals surface area contributed by atoms with E-state index in [0.717, 1.165) is 45.1 Å². The van der Waals surface area contributed by atoms with Crippen molar-refractivity contribution < 1.29 is 14.3 Å². The Morgan fingerprint density at radius 1 is 1.05 bits per heavy atom. The van der Waals surface area contributed by atoms with Gasteiger partial charge in [-0.15, -0.1) is 0 Å². The summed E-state index contributed by atoms with van der Waals surface area (Å²) in [5.41, 5.74) is 9.13. The molecule has 0 radical (unpaired) electrons. The molecule has 2 aliphatic heterocycles. The van der Waals surface area contributed by atoms with Gasteiger partial charge in [0, 0.05) is 50.5 Å². The van der Waals surface area contributed by atoms with Crippen LogP contribution in [0, 0.1) is 6.92 Å². The van der Waals surface area contributed by atoms with Gasteiger partial charge in [0.2, 0.25) is 0 Å². The van der Waals surface area contributed by atoms with E-state index >= 15 is 0 Å². The first-order valence-electron chi connectivity index (χ1n) is 13.8. The maximum absolute atomic E-state index is 13.7. The number of carbonyl (C=O) groups excluding carboxylic acids is 1. The molecule has 0 aliphatic carbocycles. The van der Waals surface area contributed by atoms with Crippen LogP contribution in [0.3, 0.4) is 0 Å². The molecule has 12 nitrogen and oxygen atoms in total. The van der Waals surface area contributed by atoms with E-state index < -0.39 is 11.7 Å². The normalized spacial score (nSPS) is 16.5. The monoisotopic (exact) mass is 557 g/mol. The second-order valence-corrected chi connectivity index (χ2v) is 11.4. The predicted molar refractivity (Wildman–Crippen MR) is 156 cm³/mol. The average molecular weight is 558 g/mol. The van der Waals surface area contributed by atoms with Crippen LogP contribution in [0.2, 0.25) is 0 Å². The number of anilines is 4. The predicted octanol–water partition coefficient (Wildman–Crippen LogP) is 3.67. The van der Waals surface area contributed by atoms with Crippen LogP contribution in [0.1, 0.15) is 26.5 Å². The number of aromatic nitrogens is 5.